The second-order valence-electron chi connectivity index (χ2n) is 5.98. The van der Waals surface area contributed by atoms with E-state index in [4.69, 9.17) is 21.1 Å². The van der Waals surface area contributed by atoms with Crippen molar-refractivity contribution in [1.82, 2.24) is 0 Å². The number of halogens is 1. The molecule has 1 N–H and O–H groups in total. The van der Waals surface area contributed by atoms with Crippen molar-refractivity contribution in [3.63, 3.8) is 0 Å². The quantitative estimate of drug-likeness (QED) is 0.789. The third-order valence-corrected chi connectivity index (χ3v) is 3.62. The van der Waals surface area contributed by atoms with Gasteiger partial charge in [0.25, 0.3) is 5.91 Å². The van der Waals surface area contributed by atoms with Gasteiger partial charge in [-0.15, -0.1) is 0 Å². The lowest BCUT2D eigenvalue weighted by Crippen LogP contribution is -2.20. The minimum atomic E-state index is -0.247. The molecule has 0 aliphatic rings. The molecule has 0 saturated carbocycles. The van der Waals surface area contributed by atoms with Gasteiger partial charge in [-0.05, 0) is 42.7 Å². The fourth-order valence-electron chi connectivity index (χ4n) is 1.93. The van der Waals surface area contributed by atoms with Gasteiger partial charge in [0.2, 0.25) is 0 Å². The van der Waals surface area contributed by atoms with E-state index >= 15 is 0 Å². The lowest BCUT2D eigenvalue weighted by Gasteiger charge is -2.11. The molecule has 0 spiro atoms. The first-order valence-electron chi connectivity index (χ1n) is 7.85. The Kier molecular flexibility index (Phi) is 6.50. The Morgan fingerprint density at radius 1 is 1.12 bits per heavy atom. The maximum Gasteiger partial charge on any atom is 0.262 e. The fraction of sp³-hybridized carbons (Fsp3) is 0.316. The van der Waals surface area contributed by atoms with Gasteiger partial charge in [0, 0.05) is 16.8 Å². The maximum absolute atomic E-state index is 12.0. The van der Waals surface area contributed by atoms with Crippen LogP contribution in [0.4, 0.5) is 5.69 Å². The number of rotatable bonds is 7. The molecule has 24 heavy (non-hydrogen) atoms. The van der Waals surface area contributed by atoms with Gasteiger partial charge in [0.05, 0.1) is 6.61 Å². The number of hydrogen-bond donors (Lipinski definition) is 1. The van der Waals surface area contributed by atoms with E-state index in [0.29, 0.717) is 29.0 Å². The minimum absolute atomic E-state index is 0.0842. The molecule has 0 heterocycles. The van der Waals surface area contributed by atoms with Crippen molar-refractivity contribution in [1.29, 1.82) is 0 Å². The van der Waals surface area contributed by atoms with Crippen LogP contribution in [0.2, 0.25) is 5.02 Å². The highest BCUT2D eigenvalue weighted by Crippen LogP contribution is 2.21. The van der Waals surface area contributed by atoms with Gasteiger partial charge in [0.1, 0.15) is 11.5 Å². The van der Waals surface area contributed by atoms with Gasteiger partial charge in [0.15, 0.2) is 6.61 Å². The standard InChI is InChI=1S/C19H22ClNO3/c1-13(2)11-23-16-5-4-6-17(10-16)24-12-19(22)21-15-8-7-14(3)18(20)9-15/h4-10,13H,11-12H2,1-3H3,(H,21,22). The summed E-state index contributed by atoms with van der Waals surface area (Å²) >= 11 is 6.04. The van der Waals surface area contributed by atoms with E-state index in [2.05, 4.69) is 19.2 Å². The summed E-state index contributed by atoms with van der Waals surface area (Å²) in [6.07, 6.45) is 0. The number of hydrogen-bond acceptors (Lipinski definition) is 3. The zero-order valence-electron chi connectivity index (χ0n) is 14.1. The normalized spacial score (nSPS) is 10.5. The molecule has 2 rings (SSSR count). The summed E-state index contributed by atoms with van der Waals surface area (Å²) in [5, 5.41) is 3.37. The number of carbonyl (C=O) groups is 1. The fourth-order valence-corrected chi connectivity index (χ4v) is 2.11. The molecule has 0 atom stereocenters. The Hall–Kier alpha value is -2.20. The van der Waals surface area contributed by atoms with Crippen molar-refractivity contribution in [3.8, 4) is 11.5 Å². The van der Waals surface area contributed by atoms with E-state index in [1.165, 1.54) is 0 Å². The lowest BCUT2D eigenvalue weighted by atomic mass is 10.2. The van der Waals surface area contributed by atoms with Crippen molar-refractivity contribution in [2.45, 2.75) is 20.8 Å². The van der Waals surface area contributed by atoms with Crippen molar-refractivity contribution in [3.05, 3.63) is 53.1 Å². The summed E-state index contributed by atoms with van der Waals surface area (Å²) in [7, 11) is 0. The average molecular weight is 348 g/mol. The first kappa shape index (κ1) is 18.1. The van der Waals surface area contributed by atoms with Crippen molar-refractivity contribution < 1.29 is 14.3 Å². The number of benzene rings is 2. The molecule has 0 radical (unpaired) electrons. The van der Waals surface area contributed by atoms with E-state index in [1.54, 1.807) is 24.3 Å². The molecule has 2 aromatic rings. The number of ether oxygens (including phenoxy) is 2. The largest absolute Gasteiger partial charge is 0.493 e. The van der Waals surface area contributed by atoms with Crippen molar-refractivity contribution in [2.24, 2.45) is 5.92 Å². The second kappa shape index (κ2) is 8.60. The van der Waals surface area contributed by atoms with Gasteiger partial charge < -0.3 is 14.8 Å². The highest BCUT2D eigenvalue weighted by molar-refractivity contribution is 6.31. The van der Waals surface area contributed by atoms with Gasteiger partial charge >= 0.3 is 0 Å². The van der Waals surface area contributed by atoms with Crippen molar-refractivity contribution >= 4 is 23.2 Å². The van der Waals surface area contributed by atoms with Crippen molar-refractivity contribution in [2.75, 3.05) is 18.5 Å². The van der Waals surface area contributed by atoms with Gasteiger partial charge in [-0.2, -0.15) is 0 Å². The summed E-state index contributed by atoms with van der Waals surface area (Å²) < 4.78 is 11.2. The van der Waals surface area contributed by atoms with Crippen LogP contribution in [0.25, 0.3) is 0 Å². The van der Waals surface area contributed by atoms with Crippen LogP contribution < -0.4 is 14.8 Å². The number of nitrogens with one attached hydrogen (secondary N) is 1. The van der Waals surface area contributed by atoms with E-state index in [-0.39, 0.29) is 12.5 Å². The molecule has 0 aliphatic carbocycles. The lowest BCUT2D eigenvalue weighted by molar-refractivity contribution is -0.118. The van der Waals surface area contributed by atoms with E-state index in [1.807, 2.05) is 25.1 Å². The summed E-state index contributed by atoms with van der Waals surface area (Å²) in [6, 6.07) is 12.6. The molecule has 4 nitrogen and oxygen atoms in total. The van der Waals surface area contributed by atoms with Gasteiger partial charge in [-0.3, -0.25) is 4.79 Å². The summed E-state index contributed by atoms with van der Waals surface area (Å²) in [5.74, 6) is 1.52. The summed E-state index contributed by atoms with van der Waals surface area (Å²) in [4.78, 5) is 12.0. The van der Waals surface area contributed by atoms with Crippen LogP contribution in [-0.2, 0) is 4.79 Å². The maximum atomic E-state index is 12.0. The highest BCUT2D eigenvalue weighted by atomic mass is 35.5. The van der Waals surface area contributed by atoms with E-state index < -0.39 is 0 Å². The Morgan fingerprint density at radius 3 is 2.50 bits per heavy atom. The highest BCUT2D eigenvalue weighted by Gasteiger charge is 2.06. The first-order chi connectivity index (χ1) is 11.4. The molecule has 0 saturated heterocycles. The van der Waals surface area contributed by atoms with Crippen LogP contribution in [0.5, 0.6) is 11.5 Å². The zero-order chi connectivity index (χ0) is 17.5. The van der Waals surface area contributed by atoms with Crippen LogP contribution in [-0.4, -0.2) is 19.1 Å². The zero-order valence-corrected chi connectivity index (χ0v) is 14.9. The summed E-state index contributed by atoms with van der Waals surface area (Å²) in [5.41, 5.74) is 1.61. The molecule has 0 fully saturated rings. The topological polar surface area (TPSA) is 47.6 Å². The number of aryl methyl sites for hydroxylation is 1. The average Bonchev–Trinajstić information content (AvgIpc) is 2.55. The van der Waals surface area contributed by atoms with E-state index in [9.17, 15) is 4.79 Å². The molecular weight excluding hydrogens is 326 g/mol. The number of anilines is 1. The molecular formula is C19H22ClNO3. The molecule has 2 aromatic carbocycles. The van der Waals surface area contributed by atoms with Crippen LogP contribution in [0.15, 0.2) is 42.5 Å². The van der Waals surface area contributed by atoms with Crippen LogP contribution >= 0.6 is 11.6 Å². The molecule has 1 amide bonds. The molecule has 128 valence electrons. The SMILES string of the molecule is Cc1ccc(NC(=O)COc2cccc(OCC(C)C)c2)cc1Cl. The number of amides is 1. The Labute approximate surface area is 147 Å². The second-order valence-corrected chi connectivity index (χ2v) is 6.39. The summed E-state index contributed by atoms with van der Waals surface area (Å²) in [6.45, 7) is 6.63. The van der Waals surface area contributed by atoms with Gasteiger partial charge in [-0.1, -0.05) is 37.6 Å². The Bertz CT molecular complexity index is 701. The third-order valence-electron chi connectivity index (χ3n) is 3.21. The Morgan fingerprint density at radius 2 is 1.83 bits per heavy atom. The van der Waals surface area contributed by atoms with Crippen LogP contribution in [0, 0.1) is 12.8 Å². The molecule has 5 heteroatoms. The van der Waals surface area contributed by atoms with Crippen LogP contribution in [0.3, 0.4) is 0 Å². The Balaban J connectivity index is 1.87. The molecule has 0 aliphatic heterocycles. The first-order valence-corrected chi connectivity index (χ1v) is 8.23. The predicted octanol–water partition coefficient (Wildman–Crippen LogP) is 4.70. The molecule has 0 bridgehead atoms. The van der Waals surface area contributed by atoms with Gasteiger partial charge in [-0.25, -0.2) is 0 Å². The van der Waals surface area contributed by atoms with E-state index in [0.717, 1.165) is 11.3 Å². The smallest absolute Gasteiger partial charge is 0.262 e. The third kappa shape index (κ3) is 5.78. The minimum Gasteiger partial charge on any atom is -0.493 e. The molecule has 0 aromatic heterocycles. The monoisotopic (exact) mass is 347 g/mol. The van der Waals surface area contributed by atoms with Crippen LogP contribution in [0.1, 0.15) is 19.4 Å². The molecule has 0 unspecified atom stereocenters. The predicted molar refractivity (Wildman–Crippen MR) is 97.1 cm³/mol. The number of carbonyl (C=O) groups excluding carboxylic acids is 1.